The molecule has 1 saturated heterocycles. The Labute approximate surface area is 89.1 Å². The van der Waals surface area contributed by atoms with Crippen molar-refractivity contribution in [2.45, 2.75) is 26.4 Å². The van der Waals surface area contributed by atoms with Gasteiger partial charge in [-0.05, 0) is 13.0 Å². The quantitative estimate of drug-likeness (QED) is 0.676. The minimum absolute atomic E-state index is 0.110. The molecule has 1 rings (SSSR count). The first-order valence-corrected chi connectivity index (χ1v) is 5.11. The van der Waals surface area contributed by atoms with Crippen molar-refractivity contribution in [3.05, 3.63) is 0 Å². The first-order chi connectivity index (χ1) is 7.09. The lowest BCUT2D eigenvalue weighted by molar-refractivity contribution is -0.153. The molecule has 0 aromatic heterocycles. The molecule has 15 heavy (non-hydrogen) atoms. The summed E-state index contributed by atoms with van der Waals surface area (Å²) in [5.74, 6) is -0.481. The molecule has 1 N–H and O–H groups in total. The lowest BCUT2D eigenvalue weighted by atomic mass is 9.96. The third kappa shape index (κ3) is 4.29. The smallest absolute Gasteiger partial charge is 0.302 e. The van der Waals surface area contributed by atoms with Crippen molar-refractivity contribution in [3.8, 4) is 0 Å². The van der Waals surface area contributed by atoms with Crippen LogP contribution < -0.4 is 5.32 Å². The molecule has 0 spiro atoms. The number of rotatable bonds is 3. The Morgan fingerprint density at radius 1 is 1.33 bits per heavy atom. The SMILES string of the molecule is CC(=O)OC[C@@H]1CCNC[C@@H]1OC(C)=O. The number of esters is 2. The number of carbonyl (C=O) groups excluding carboxylic acids is 2. The van der Waals surface area contributed by atoms with Crippen LogP contribution in [0.25, 0.3) is 0 Å². The third-order valence-electron chi connectivity index (χ3n) is 2.38. The molecule has 86 valence electrons. The fourth-order valence-electron chi connectivity index (χ4n) is 1.65. The molecule has 1 heterocycles. The summed E-state index contributed by atoms with van der Waals surface area (Å²) in [6, 6.07) is 0. The molecule has 0 aliphatic carbocycles. The van der Waals surface area contributed by atoms with Gasteiger partial charge in [-0.3, -0.25) is 9.59 Å². The Morgan fingerprint density at radius 2 is 2.07 bits per heavy atom. The summed E-state index contributed by atoms with van der Waals surface area (Å²) in [6.07, 6.45) is 0.668. The van der Waals surface area contributed by atoms with E-state index in [2.05, 4.69) is 5.32 Å². The van der Waals surface area contributed by atoms with Crippen LogP contribution in [0.2, 0.25) is 0 Å². The summed E-state index contributed by atoms with van der Waals surface area (Å²) in [7, 11) is 0. The first-order valence-electron chi connectivity index (χ1n) is 5.11. The summed E-state index contributed by atoms with van der Waals surface area (Å²) >= 11 is 0. The van der Waals surface area contributed by atoms with E-state index < -0.39 is 0 Å². The van der Waals surface area contributed by atoms with Gasteiger partial charge in [0.25, 0.3) is 0 Å². The number of nitrogens with one attached hydrogen (secondary N) is 1. The van der Waals surface area contributed by atoms with E-state index >= 15 is 0 Å². The maximum absolute atomic E-state index is 10.8. The highest BCUT2D eigenvalue weighted by atomic mass is 16.6. The fraction of sp³-hybridized carbons (Fsp3) is 0.800. The maximum atomic E-state index is 10.8. The van der Waals surface area contributed by atoms with Gasteiger partial charge >= 0.3 is 11.9 Å². The summed E-state index contributed by atoms with van der Waals surface area (Å²) in [6.45, 7) is 4.59. The van der Waals surface area contributed by atoms with E-state index in [-0.39, 0.29) is 24.0 Å². The topological polar surface area (TPSA) is 64.6 Å². The van der Waals surface area contributed by atoms with E-state index in [9.17, 15) is 9.59 Å². The Balaban J connectivity index is 2.42. The van der Waals surface area contributed by atoms with E-state index in [1.807, 2.05) is 0 Å². The van der Waals surface area contributed by atoms with Crippen LogP contribution in [0.3, 0.4) is 0 Å². The summed E-state index contributed by atoms with van der Waals surface area (Å²) in [5, 5.41) is 3.14. The molecular weight excluding hydrogens is 198 g/mol. The standard InChI is InChI=1S/C10H17NO4/c1-7(12)14-6-9-3-4-11-5-10(9)15-8(2)13/h9-11H,3-6H2,1-2H3/t9-,10-/m0/s1. The van der Waals surface area contributed by atoms with Crippen molar-refractivity contribution in [1.82, 2.24) is 5.32 Å². The summed E-state index contributed by atoms with van der Waals surface area (Å²) in [4.78, 5) is 21.5. The number of piperidine rings is 1. The average Bonchev–Trinajstić information content (AvgIpc) is 2.15. The zero-order chi connectivity index (χ0) is 11.3. The van der Waals surface area contributed by atoms with Crippen molar-refractivity contribution in [2.24, 2.45) is 5.92 Å². The summed E-state index contributed by atoms with van der Waals surface area (Å²) in [5.41, 5.74) is 0. The molecule has 0 aromatic rings. The predicted octanol–water partition coefficient (Wildman–Crippen LogP) is 0.0907. The monoisotopic (exact) mass is 215 g/mol. The van der Waals surface area contributed by atoms with Crippen molar-refractivity contribution in [1.29, 1.82) is 0 Å². The minimum atomic E-state index is -0.296. The second-order valence-corrected chi connectivity index (χ2v) is 3.70. The third-order valence-corrected chi connectivity index (χ3v) is 2.38. The number of hydrogen-bond donors (Lipinski definition) is 1. The highest BCUT2D eigenvalue weighted by molar-refractivity contribution is 5.66. The lowest BCUT2D eigenvalue weighted by Gasteiger charge is -2.30. The number of ether oxygens (including phenoxy) is 2. The molecular formula is C10H17NO4. The van der Waals surface area contributed by atoms with Gasteiger partial charge in [-0.1, -0.05) is 0 Å². The van der Waals surface area contributed by atoms with Gasteiger partial charge in [-0.15, -0.1) is 0 Å². The van der Waals surface area contributed by atoms with Gasteiger partial charge in [-0.25, -0.2) is 0 Å². The zero-order valence-electron chi connectivity index (χ0n) is 9.12. The highest BCUT2D eigenvalue weighted by Gasteiger charge is 2.28. The Hall–Kier alpha value is -1.10. The van der Waals surface area contributed by atoms with Crippen LogP contribution in [0.1, 0.15) is 20.3 Å². The Kier molecular flexibility index (Phi) is 4.55. The van der Waals surface area contributed by atoms with Gasteiger partial charge in [0.05, 0.1) is 6.61 Å². The maximum Gasteiger partial charge on any atom is 0.302 e. The Bertz CT molecular complexity index is 242. The van der Waals surface area contributed by atoms with Gasteiger partial charge in [0.2, 0.25) is 0 Å². The second-order valence-electron chi connectivity index (χ2n) is 3.70. The Morgan fingerprint density at radius 3 is 2.67 bits per heavy atom. The first kappa shape index (κ1) is 12.0. The van der Waals surface area contributed by atoms with E-state index in [1.165, 1.54) is 13.8 Å². The van der Waals surface area contributed by atoms with Gasteiger partial charge < -0.3 is 14.8 Å². The number of hydrogen-bond acceptors (Lipinski definition) is 5. The molecule has 0 radical (unpaired) electrons. The van der Waals surface area contributed by atoms with Crippen LogP contribution in [0.15, 0.2) is 0 Å². The molecule has 0 unspecified atom stereocenters. The zero-order valence-corrected chi connectivity index (χ0v) is 9.12. The van der Waals surface area contributed by atoms with Crippen LogP contribution in [0.4, 0.5) is 0 Å². The van der Waals surface area contributed by atoms with Crippen molar-refractivity contribution >= 4 is 11.9 Å². The van der Waals surface area contributed by atoms with Gasteiger partial charge in [-0.2, -0.15) is 0 Å². The molecule has 0 bridgehead atoms. The van der Waals surface area contributed by atoms with Gasteiger partial charge in [0.15, 0.2) is 0 Å². The van der Waals surface area contributed by atoms with Crippen LogP contribution in [-0.4, -0.2) is 37.7 Å². The highest BCUT2D eigenvalue weighted by Crippen LogP contribution is 2.16. The predicted molar refractivity (Wildman–Crippen MR) is 53.2 cm³/mol. The summed E-state index contributed by atoms with van der Waals surface area (Å²) < 4.78 is 10.1. The van der Waals surface area contributed by atoms with Crippen molar-refractivity contribution in [3.63, 3.8) is 0 Å². The molecule has 1 aliphatic heterocycles. The van der Waals surface area contributed by atoms with Gasteiger partial charge in [0, 0.05) is 26.3 Å². The van der Waals surface area contributed by atoms with Crippen LogP contribution >= 0.6 is 0 Å². The van der Waals surface area contributed by atoms with Crippen LogP contribution in [-0.2, 0) is 19.1 Å². The molecule has 1 aliphatic rings. The molecule has 5 nitrogen and oxygen atoms in total. The normalized spacial score (nSPS) is 25.7. The molecule has 0 amide bonds. The molecule has 0 aromatic carbocycles. The largest absolute Gasteiger partial charge is 0.465 e. The average molecular weight is 215 g/mol. The second kappa shape index (κ2) is 5.70. The van der Waals surface area contributed by atoms with E-state index in [4.69, 9.17) is 9.47 Å². The fourth-order valence-corrected chi connectivity index (χ4v) is 1.65. The van der Waals surface area contributed by atoms with Crippen LogP contribution in [0.5, 0.6) is 0 Å². The van der Waals surface area contributed by atoms with E-state index in [0.29, 0.717) is 13.2 Å². The molecule has 5 heteroatoms. The lowest BCUT2D eigenvalue weighted by Crippen LogP contribution is -2.44. The van der Waals surface area contributed by atoms with Crippen molar-refractivity contribution in [2.75, 3.05) is 19.7 Å². The van der Waals surface area contributed by atoms with E-state index in [0.717, 1.165) is 13.0 Å². The molecule has 2 atom stereocenters. The molecule has 1 fully saturated rings. The molecule has 0 saturated carbocycles. The van der Waals surface area contributed by atoms with Crippen molar-refractivity contribution < 1.29 is 19.1 Å². The number of carbonyl (C=O) groups is 2. The van der Waals surface area contributed by atoms with Crippen LogP contribution in [0, 0.1) is 5.92 Å². The van der Waals surface area contributed by atoms with Gasteiger partial charge in [0.1, 0.15) is 6.10 Å². The minimum Gasteiger partial charge on any atom is -0.465 e. The van der Waals surface area contributed by atoms with E-state index in [1.54, 1.807) is 0 Å².